The maximum atomic E-state index is 13.4. The maximum Gasteiger partial charge on any atom is 0.253 e. The topological polar surface area (TPSA) is 56.8 Å². The number of benzene rings is 1. The number of alkyl halides is 2. The minimum atomic E-state index is -2.97. The molecule has 0 radical (unpaired) electrons. The van der Waals surface area contributed by atoms with Gasteiger partial charge >= 0.3 is 0 Å². The summed E-state index contributed by atoms with van der Waals surface area (Å²) in [6.45, 7) is 4.70. The first-order valence-corrected chi connectivity index (χ1v) is 14.3. The molecule has 34 heavy (non-hydrogen) atoms. The number of pyridine rings is 1. The third-order valence-electron chi connectivity index (χ3n) is 7.11. The number of nitrogens with zero attached hydrogens (tertiary/aromatic N) is 4. The molecule has 5 rings (SSSR count). The quantitative estimate of drug-likeness (QED) is 0.531. The van der Waals surface area contributed by atoms with E-state index in [4.69, 9.17) is 4.98 Å². The average molecular weight is 509 g/mol. The second kappa shape index (κ2) is 8.64. The Hall–Kier alpha value is -1.91. The smallest absolute Gasteiger partial charge is 0.253 e. The number of aromatic nitrogens is 1. The van der Waals surface area contributed by atoms with Crippen LogP contribution in [0.4, 0.5) is 20.3 Å². The Morgan fingerprint density at radius 1 is 1.18 bits per heavy atom. The molecule has 6 nitrogen and oxygen atoms in total. The predicted octanol–water partition coefficient (Wildman–Crippen LogP) is 4.54. The van der Waals surface area contributed by atoms with Crippen LogP contribution in [0.15, 0.2) is 30.3 Å². The zero-order chi connectivity index (χ0) is 24.3. The normalized spacial score (nSPS) is 22.8. The van der Waals surface area contributed by atoms with E-state index in [2.05, 4.69) is 30.0 Å². The van der Waals surface area contributed by atoms with Gasteiger partial charge in [0.05, 0.1) is 28.8 Å². The molecule has 2 aliphatic heterocycles. The van der Waals surface area contributed by atoms with Crippen molar-refractivity contribution in [2.24, 2.45) is 5.92 Å². The minimum Gasteiger partial charge on any atom is -0.299 e. The molecular weight excluding hydrogens is 478 g/mol. The van der Waals surface area contributed by atoms with Gasteiger partial charge < -0.3 is 0 Å². The first kappa shape index (κ1) is 23.8. The molecule has 0 amide bonds. The number of rotatable bonds is 6. The van der Waals surface area contributed by atoms with Crippen molar-refractivity contribution in [1.82, 2.24) is 9.88 Å². The average Bonchev–Trinajstić information content (AvgIpc) is 3.26. The Labute approximate surface area is 204 Å². The minimum absolute atomic E-state index is 0.0352. The van der Waals surface area contributed by atoms with Crippen LogP contribution in [0.25, 0.3) is 11.3 Å². The molecule has 3 aliphatic rings. The van der Waals surface area contributed by atoms with E-state index < -0.39 is 21.7 Å². The highest BCUT2D eigenvalue weighted by atomic mass is 32.2. The molecule has 2 aromatic rings. The standard InChI is InChI=1S/C24H30F2N4O2S2/c1-16-4-5-17(14-29-10-8-19(9-11-29)34(3,31)32)12-20(16)21-6-7-22-23(27-21)28(2)33-30(22)15-18-13-24(18,25)26/h4-7,12,18-19H,8-11,13-15H2,1-3H3. The first-order chi connectivity index (χ1) is 16.0. The second-order valence-corrected chi connectivity index (χ2v) is 13.3. The van der Waals surface area contributed by atoms with E-state index >= 15 is 0 Å². The summed E-state index contributed by atoms with van der Waals surface area (Å²) in [5.74, 6) is -2.33. The van der Waals surface area contributed by atoms with Crippen LogP contribution in [-0.4, -0.2) is 62.4 Å². The van der Waals surface area contributed by atoms with Gasteiger partial charge in [-0.2, -0.15) is 0 Å². The van der Waals surface area contributed by atoms with Gasteiger partial charge in [0, 0.05) is 44.3 Å². The van der Waals surface area contributed by atoms with Gasteiger partial charge in [-0.25, -0.2) is 22.2 Å². The SMILES string of the molecule is Cc1ccc(CN2CCC(S(C)(=O)=O)CC2)cc1-c1ccc2c(n1)N(C)SN2CC1CC1(F)F. The monoisotopic (exact) mass is 508 g/mol. The van der Waals surface area contributed by atoms with Gasteiger partial charge in [-0.05, 0) is 62.2 Å². The molecule has 0 spiro atoms. The summed E-state index contributed by atoms with van der Waals surface area (Å²) in [4.78, 5) is 7.21. The van der Waals surface area contributed by atoms with Gasteiger partial charge in [-0.1, -0.05) is 12.1 Å². The van der Waals surface area contributed by atoms with Crippen LogP contribution in [-0.2, 0) is 16.4 Å². The van der Waals surface area contributed by atoms with E-state index in [0.717, 1.165) is 48.0 Å². The van der Waals surface area contributed by atoms with Gasteiger partial charge in [-0.15, -0.1) is 0 Å². The Kier molecular flexibility index (Phi) is 6.05. The van der Waals surface area contributed by atoms with Crippen molar-refractivity contribution in [2.45, 2.75) is 43.9 Å². The van der Waals surface area contributed by atoms with Crippen LogP contribution in [0.5, 0.6) is 0 Å². The summed E-state index contributed by atoms with van der Waals surface area (Å²) < 4.78 is 54.4. The lowest BCUT2D eigenvalue weighted by Gasteiger charge is -2.31. The van der Waals surface area contributed by atoms with Crippen molar-refractivity contribution in [3.05, 3.63) is 41.5 Å². The van der Waals surface area contributed by atoms with Crippen molar-refractivity contribution in [3.63, 3.8) is 0 Å². The summed E-state index contributed by atoms with van der Waals surface area (Å²) in [5.41, 5.74) is 5.08. The molecule has 10 heteroatoms. The van der Waals surface area contributed by atoms with Crippen LogP contribution < -0.4 is 8.61 Å². The lowest BCUT2D eigenvalue weighted by molar-refractivity contribution is 0.101. The number of likely N-dealkylation sites (tertiary alicyclic amines) is 1. The molecule has 1 saturated heterocycles. The van der Waals surface area contributed by atoms with Crippen molar-refractivity contribution in [2.75, 3.05) is 41.5 Å². The van der Waals surface area contributed by atoms with E-state index in [-0.39, 0.29) is 11.7 Å². The zero-order valence-electron chi connectivity index (χ0n) is 19.7. The third-order valence-corrected chi connectivity index (χ3v) is 9.75. The molecule has 1 atom stereocenters. The lowest BCUT2D eigenvalue weighted by atomic mass is 10.0. The number of hydrogen-bond acceptors (Lipinski definition) is 7. The summed E-state index contributed by atoms with van der Waals surface area (Å²) in [6.07, 6.45) is 2.65. The molecule has 0 bridgehead atoms. The highest BCUT2D eigenvalue weighted by molar-refractivity contribution is 8.02. The number of anilines is 2. The fraction of sp³-hybridized carbons (Fsp3) is 0.542. The predicted molar refractivity (Wildman–Crippen MR) is 134 cm³/mol. The maximum absolute atomic E-state index is 13.4. The number of fused-ring (bicyclic) bond motifs is 1. The Balaban J connectivity index is 1.32. The Morgan fingerprint density at radius 2 is 1.88 bits per heavy atom. The van der Waals surface area contributed by atoms with Gasteiger partial charge in [0.25, 0.3) is 5.92 Å². The molecule has 1 unspecified atom stereocenters. The number of piperidine rings is 1. The summed E-state index contributed by atoms with van der Waals surface area (Å²) in [6, 6.07) is 10.3. The van der Waals surface area contributed by atoms with Crippen LogP contribution >= 0.6 is 12.1 Å². The number of hydrogen-bond donors (Lipinski definition) is 0. The van der Waals surface area contributed by atoms with Gasteiger partial charge in [0.2, 0.25) is 0 Å². The first-order valence-electron chi connectivity index (χ1n) is 11.6. The van der Waals surface area contributed by atoms with Crippen LogP contribution in [0.3, 0.4) is 0 Å². The van der Waals surface area contributed by atoms with E-state index in [1.807, 2.05) is 27.8 Å². The molecule has 1 saturated carbocycles. The van der Waals surface area contributed by atoms with Crippen molar-refractivity contribution >= 4 is 33.5 Å². The van der Waals surface area contributed by atoms with Crippen LogP contribution in [0.2, 0.25) is 0 Å². The summed E-state index contributed by atoms with van der Waals surface area (Å²) >= 11 is 1.42. The molecule has 1 aromatic carbocycles. The fourth-order valence-corrected chi connectivity index (χ4v) is 6.90. The molecule has 1 aliphatic carbocycles. The van der Waals surface area contributed by atoms with Crippen LogP contribution in [0.1, 0.15) is 30.4 Å². The van der Waals surface area contributed by atoms with Crippen LogP contribution in [0, 0.1) is 12.8 Å². The number of halogens is 2. The Morgan fingerprint density at radius 3 is 2.53 bits per heavy atom. The van der Waals surface area contributed by atoms with Crippen molar-refractivity contribution in [3.8, 4) is 11.3 Å². The van der Waals surface area contributed by atoms with Crippen molar-refractivity contribution in [1.29, 1.82) is 0 Å². The third kappa shape index (κ3) is 4.77. The summed E-state index contributed by atoms with van der Waals surface area (Å²) in [7, 11) is -1.06. The van der Waals surface area contributed by atoms with E-state index in [1.54, 1.807) is 0 Å². The van der Waals surface area contributed by atoms with Gasteiger partial charge in [-0.3, -0.25) is 13.5 Å². The summed E-state index contributed by atoms with van der Waals surface area (Å²) in [5, 5.41) is -0.228. The molecular formula is C24H30F2N4O2S2. The number of sulfone groups is 1. The van der Waals surface area contributed by atoms with Gasteiger partial charge in [0.15, 0.2) is 5.82 Å². The zero-order valence-corrected chi connectivity index (χ0v) is 21.3. The van der Waals surface area contributed by atoms with Crippen molar-refractivity contribution < 1.29 is 17.2 Å². The Bertz CT molecular complexity index is 1200. The lowest BCUT2D eigenvalue weighted by Crippen LogP contribution is -2.38. The highest BCUT2D eigenvalue weighted by Crippen LogP contribution is 2.52. The molecule has 184 valence electrons. The highest BCUT2D eigenvalue weighted by Gasteiger charge is 2.57. The van der Waals surface area contributed by atoms with E-state index in [0.29, 0.717) is 19.4 Å². The fourth-order valence-electron chi connectivity index (χ4n) is 4.84. The molecule has 2 fully saturated rings. The van der Waals surface area contributed by atoms with Gasteiger partial charge in [0.1, 0.15) is 9.84 Å². The molecule has 1 aromatic heterocycles. The molecule has 3 heterocycles. The number of aryl methyl sites for hydroxylation is 1. The van der Waals surface area contributed by atoms with E-state index in [9.17, 15) is 17.2 Å². The molecule has 0 N–H and O–H groups in total. The van der Waals surface area contributed by atoms with E-state index in [1.165, 1.54) is 24.0 Å². The largest absolute Gasteiger partial charge is 0.299 e. The second-order valence-electron chi connectivity index (χ2n) is 9.80.